The summed E-state index contributed by atoms with van der Waals surface area (Å²) < 4.78 is 3.26. The fourth-order valence-electron chi connectivity index (χ4n) is 3.83. The average molecular weight is 473 g/mol. The molecule has 10 nitrogen and oxygen atoms in total. The quantitative estimate of drug-likeness (QED) is 0.387. The molecule has 2 N–H and O–H groups in total. The largest absolute Gasteiger partial charge is 0.350 e. The van der Waals surface area contributed by atoms with E-state index in [0.717, 1.165) is 6.42 Å². The number of carbonyl (C=O) groups excluding carboxylic acids is 2. The standard InChI is InChI=1S/C25H28N8O2/c1-4-9-19(31-25(35)21-16-30-33(18(21)3)23-11-6-8-13-27-23)14-28-24(34)20-15-29-32(17(20)2)22-10-5-7-12-26-22/h5-8,10-13,15-16,19H,4,9,14H2,1-3H3,(H,28,34)(H,31,35). The molecular formula is C25H28N8O2. The van der Waals surface area contributed by atoms with Gasteiger partial charge in [-0.3, -0.25) is 9.59 Å². The Morgan fingerprint density at radius 3 is 1.89 bits per heavy atom. The first-order chi connectivity index (χ1) is 17.0. The lowest BCUT2D eigenvalue weighted by atomic mass is 10.1. The van der Waals surface area contributed by atoms with E-state index < -0.39 is 0 Å². The molecule has 0 saturated heterocycles. The van der Waals surface area contributed by atoms with Gasteiger partial charge in [0.2, 0.25) is 0 Å². The number of nitrogens with one attached hydrogen (secondary N) is 2. The van der Waals surface area contributed by atoms with E-state index in [2.05, 4.69) is 30.8 Å². The van der Waals surface area contributed by atoms with Gasteiger partial charge in [-0.2, -0.15) is 10.2 Å². The van der Waals surface area contributed by atoms with Gasteiger partial charge in [0.25, 0.3) is 11.8 Å². The van der Waals surface area contributed by atoms with Gasteiger partial charge in [0.15, 0.2) is 11.6 Å². The first-order valence-corrected chi connectivity index (χ1v) is 11.5. The van der Waals surface area contributed by atoms with Gasteiger partial charge < -0.3 is 10.6 Å². The van der Waals surface area contributed by atoms with Gasteiger partial charge in [-0.1, -0.05) is 25.5 Å². The first-order valence-electron chi connectivity index (χ1n) is 11.5. The average Bonchev–Trinajstić information content (AvgIpc) is 3.46. The van der Waals surface area contributed by atoms with Crippen LogP contribution in [-0.4, -0.2) is 53.9 Å². The first kappa shape index (κ1) is 23.8. The number of carbonyl (C=O) groups is 2. The maximum Gasteiger partial charge on any atom is 0.255 e. The van der Waals surface area contributed by atoms with Crippen LogP contribution in [0.2, 0.25) is 0 Å². The molecule has 0 aliphatic carbocycles. The molecule has 4 aromatic heterocycles. The highest BCUT2D eigenvalue weighted by atomic mass is 16.2. The van der Waals surface area contributed by atoms with Crippen molar-refractivity contribution >= 4 is 11.8 Å². The van der Waals surface area contributed by atoms with Crippen LogP contribution in [0.1, 0.15) is 51.9 Å². The van der Waals surface area contributed by atoms with Crippen molar-refractivity contribution in [3.63, 3.8) is 0 Å². The fourth-order valence-corrected chi connectivity index (χ4v) is 3.83. The van der Waals surface area contributed by atoms with Crippen molar-refractivity contribution in [3.05, 3.63) is 83.7 Å². The Labute approximate surface area is 203 Å². The second-order valence-electron chi connectivity index (χ2n) is 8.16. The summed E-state index contributed by atoms with van der Waals surface area (Å²) in [6, 6.07) is 10.8. The van der Waals surface area contributed by atoms with Gasteiger partial charge >= 0.3 is 0 Å². The van der Waals surface area contributed by atoms with Gasteiger partial charge in [0.1, 0.15) is 0 Å². The predicted octanol–water partition coefficient (Wildman–Crippen LogP) is 2.79. The molecule has 180 valence electrons. The minimum absolute atomic E-state index is 0.236. The monoisotopic (exact) mass is 472 g/mol. The minimum Gasteiger partial charge on any atom is -0.350 e. The molecule has 4 rings (SSSR count). The Morgan fingerprint density at radius 1 is 0.857 bits per heavy atom. The smallest absolute Gasteiger partial charge is 0.255 e. The van der Waals surface area contributed by atoms with Crippen LogP contribution >= 0.6 is 0 Å². The van der Waals surface area contributed by atoms with E-state index in [0.29, 0.717) is 47.1 Å². The van der Waals surface area contributed by atoms with E-state index in [4.69, 9.17) is 0 Å². The maximum atomic E-state index is 13.0. The summed E-state index contributed by atoms with van der Waals surface area (Å²) in [5.74, 6) is 0.792. The zero-order valence-electron chi connectivity index (χ0n) is 20.0. The minimum atomic E-state index is -0.251. The van der Waals surface area contributed by atoms with Gasteiger partial charge in [-0.15, -0.1) is 0 Å². The number of aromatic nitrogens is 6. The lowest BCUT2D eigenvalue weighted by Crippen LogP contribution is -2.43. The summed E-state index contributed by atoms with van der Waals surface area (Å²) in [6.45, 7) is 5.98. The third-order valence-electron chi connectivity index (χ3n) is 5.72. The van der Waals surface area contributed by atoms with E-state index in [-0.39, 0.29) is 17.9 Å². The van der Waals surface area contributed by atoms with Gasteiger partial charge in [0.05, 0.1) is 34.9 Å². The summed E-state index contributed by atoms with van der Waals surface area (Å²) >= 11 is 0. The molecule has 1 unspecified atom stereocenters. The van der Waals surface area contributed by atoms with E-state index >= 15 is 0 Å². The van der Waals surface area contributed by atoms with Crippen LogP contribution in [0.3, 0.4) is 0 Å². The van der Waals surface area contributed by atoms with Crippen molar-refractivity contribution in [1.29, 1.82) is 0 Å². The third kappa shape index (κ3) is 5.26. The number of pyridine rings is 2. The Hall–Kier alpha value is -4.34. The van der Waals surface area contributed by atoms with Crippen LogP contribution in [0.25, 0.3) is 11.6 Å². The molecule has 1 atom stereocenters. The van der Waals surface area contributed by atoms with Gasteiger partial charge in [-0.05, 0) is 44.5 Å². The van der Waals surface area contributed by atoms with Crippen LogP contribution in [0.15, 0.2) is 61.2 Å². The Balaban J connectivity index is 1.41. The summed E-state index contributed by atoms with van der Waals surface area (Å²) in [5, 5.41) is 14.6. The lowest BCUT2D eigenvalue weighted by molar-refractivity contribution is 0.0905. The van der Waals surface area contributed by atoms with Crippen molar-refractivity contribution < 1.29 is 9.59 Å². The molecule has 0 radical (unpaired) electrons. The van der Waals surface area contributed by atoms with E-state index in [9.17, 15) is 9.59 Å². The second-order valence-corrected chi connectivity index (χ2v) is 8.16. The molecule has 0 fully saturated rings. The van der Waals surface area contributed by atoms with Crippen LogP contribution in [0.4, 0.5) is 0 Å². The zero-order chi connectivity index (χ0) is 24.8. The summed E-state index contributed by atoms with van der Waals surface area (Å²) in [4.78, 5) is 34.4. The maximum absolute atomic E-state index is 13.0. The van der Waals surface area contributed by atoms with Crippen molar-refractivity contribution in [3.8, 4) is 11.6 Å². The number of amides is 2. The van der Waals surface area contributed by atoms with Crippen LogP contribution < -0.4 is 10.6 Å². The fraction of sp³-hybridized carbons (Fsp3) is 0.280. The molecule has 0 saturated carbocycles. The third-order valence-corrected chi connectivity index (χ3v) is 5.72. The van der Waals surface area contributed by atoms with Gasteiger partial charge in [0, 0.05) is 25.0 Å². The number of nitrogens with zero attached hydrogens (tertiary/aromatic N) is 6. The van der Waals surface area contributed by atoms with Crippen LogP contribution in [-0.2, 0) is 0 Å². The van der Waals surface area contributed by atoms with E-state index in [1.165, 1.54) is 12.4 Å². The van der Waals surface area contributed by atoms with Crippen molar-refractivity contribution in [2.45, 2.75) is 39.7 Å². The molecule has 2 amide bonds. The van der Waals surface area contributed by atoms with Crippen molar-refractivity contribution in [2.24, 2.45) is 0 Å². The normalized spacial score (nSPS) is 11.7. The number of rotatable bonds is 9. The number of hydrogen-bond acceptors (Lipinski definition) is 6. The highest BCUT2D eigenvalue weighted by molar-refractivity contribution is 5.96. The highest BCUT2D eigenvalue weighted by Gasteiger charge is 2.21. The van der Waals surface area contributed by atoms with E-state index in [1.807, 2.05) is 57.2 Å². The molecule has 0 aliphatic rings. The molecule has 0 spiro atoms. The summed E-state index contributed by atoms with van der Waals surface area (Å²) in [6.07, 6.45) is 7.99. The van der Waals surface area contributed by atoms with Crippen LogP contribution in [0.5, 0.6) is 0 Å². The zero-order valence-corrected chi connectivity index (χ0v) is 20.0. The molecule has 0 bridgehead atoms. The van der Waals surface area contributed by atoms with Gasteiger partial charge in [-0.25, -0.2) is 19.3 Å². The predicted molar refractivity (Wildman–Crippen MR) is 131 cm³/mol. The van der Waals surface area contributed by atoms with E-state index in [1.54, 1.807) is 21.8 Å². The highest BCUT2D eigenvalue weighted by Crippen LogP contribution is 2.14. The lowest BCUT2D eigenvalue weighted by Gasteiger charge is -2.19. The Bertz CT molecular complexity index is 1300. The molecule has 4 aromatic rings. The second kappa shape index (κ2) is 10.7. The number of hydrogen-bond donors (Lipinski definition) is 2. The van der Waals surface area contributed by atoms with Crippen LogP contribution in [0, 0.1) is 13.8 Å². The Kier molecular flexibility index (Phi) is 7.30. The van der Waals surface area contributed by atoms with Crippen molar-refractivity contribution in [2.75, 3.05) is 6.54 Å². The topological polar surface area (TPSA) is 120 Å². The summed E-state index contributed by atoms with van der Waals surface area (Å²) in [5.41, 5.74) is 2.31. The molecule has 0 aromatic carbocycles. The molecule has 4 heterocycles. The summed E-state index contributed by atoms with van der Waals surface area (Å²) in [7, 11) is 0. The van der Waals surface area contributed by atoms with Crippen molar-refractivity contribution in [1.82, 2.24) is 40.2 Å². The molecular weight excluding hydrogens is 444 g/mol. The Morgan fingerprint density at radius 2 is 1.40 bits per heavy atom. The molecule has 35 heavy (non-hydrogen) atoms. The SMILES string of the molecule is CCCC(CNC(=O)c1cnn(-c2ccccn2)c1C)NC(=O)c1cnn(-c2ccccn2)c1C. The molecule has 10 heteroatoms. The molecule has 0 aliphatic heterocycles.